The third kappa shape index (κ3) is 4.50. The van der Waals surface area contributed by atoms with Gasteiger partial charge in [-0.1, -0.05) is 133 Å². The van der Waals surface area contributed by atoms with Crippen molar-refractivity contribution in [2.75, 3.05) is 0 Å². The van der Waals surface area contributed by atoms with E-state index in [4.69, 9.17) is 8.83 Å². The van der Waals surface area contributed by atoms with Crippen LogP contribution in [0.4, 0.5) is 0 Å². The van der Waals surface area contributed by atoms with Crippen LogP contribution in [-0.2, 0) is 0 Å². The van der Waals surface area contributed by atoms with Crippen molar-refractivity contribution in [3.8, 4) is 45.8 Å². The molecule has 0 saturated carbocycles. The topological polar surface area (TPSA) is 83.7 Å². The zero-order valence-corrected chi connectivity index (χ0v) is 32.9. The molecule has 0 spiro atoms. The number of fused-ring (bicyclic) bond motifs is 12. The Balaban J connectivity index is 1.36. The molecular weight excluding hydrogens is 761 g/mol. The number of furan rings is 2. The minimum absolute atomic E-state index is 0.421. The standard InChI is InChI=1S/C56H30N4O2/c57-31-41-54(40-22-14-30-50-52(40)38-20-6-12-28-48(38)62-50)56(60-45-25-9-3-17-35(45)36-18-4-10-26-46(36)60)42(32-58)53(39-21-13-29-49-51(39)37-19-5-11-27-47(37)61-49)55(41)59-43-23-7-1-15-33(43)34-16-2-8-24-44(34)59/h1-30H. The molecule has 6 nitrogen and oxygen atoms in total. The normalized spacial score (nSPS) is 11.8. The zero-order chi connectivity index (χ0) is 41.1. The molecule has 0 unspecified atom stereocenters. The Bertz CT molecular complexity index is 3770. The van der Waals surface area contributed by atoms with E-state index in [0.29, 0.717) is 44.8 Å². The second kappa shape index (κ2) is 12.8. The Kier molecular flexibility index (Phi) is 7.05. The van der Waals surface area contributed by atoms with Gasteiger partial charge in [-0.15, -0.1) is 0 Å². The number of nitrogens with zero attached hydrogens (tertiary/aromatic N) is 4. The molecule has 13 aromatic rings. The number of nitriles is 2. The van der Waals surface area contributed by atoms with Gasteiger partial charge in [0.05, 0.1) is 44.6 Å². The molecular formula is C56H30N4O2. The molecule has 286 valence electrons. The second-order valence-electron chi connectivity index (χ2n) is 15.7. The Morgan fingerprint density at radius 3 is 0.984 bits per heavy atom. The van der Waals surface area contributed by atoms with Crippen LogP contribution in [-0.4, -0.2) is 9.13 Å². The van der Waals surface area contributed by atoms with Crippen molar-refractivity contribution >= 4 is 87.5 Å². The lowest BCUT2D eigenvalue weighted by Crippen LogP contribution is -2.11. The Morgan fingerprint density at radius 1 is 0.323 bits per heavy atom. The summed E-state index contributed by atoms with van der Waals surface area (Å²) >= 11 is 0. The Morgan fingerprint density at radius 2 is 0.629 bits per heavy atom. The molecule has 62 heavy (non-hydrogen) atoms. The van der Waals surface area contributed by atoms with Crippen molar-refractivity contribution in [2.24, 2.45) is 0 Å². The van der Waals surface area contributed by atoms with Gasteiger partial charge in [0.1, 0.15) is 34.5 Å². The summed E-state index contributed by atoms with van der Waals surface area (Å²) in [6, 6.07) is 67.0. The number of hydrogen-bond donors (Lipinski definition) is 0. The Labute approximate surface area is 353 Å². The van der Waals surface area contributed by atoms with Crippen LogP contribution in [0.25, 0.3) is 121 Å². The van der Waals surface area contributed by atoms with Crippen LogP contribution in [0, 0.1) is 22.7 Å². The summed E-state index contributed by atoms with van der Waals surface area (Å²) in [5.41, 5.74) is 11.5. The van der Waals surface area contributed by atoms with Crippen LogP contribution in [0.5, 0.6) is 0 Å². The fraction of sp³-hybridized carbons (Fsp3) is 0. The molecule has 0 saturated heterocycles. The van der Waals surface area contributed by atoms with Gasteiger partial charge in [0.25, 0.3) is 0 Å². The highest BCUT2D eigenvalue weighted by atomic mass is 16.3. The minimum atomic E-state index is 0.421. The van der Waals surface area contributed by atoms with Gasteiger partial charge in [-0.25, -0.2) is 0 Å². The van der Waals surface area contributed by atoms with Crippen molar-refractivity contribution in [3.05, 3.63) is 193 Å². The first-order valence-corrected chi connectivity index (χ1v) is 20.6. The summed E-state index contributed by atoms with van der Waals surface area (Å²) < 4.78 is 17.5. The molecule has 4 aromatic heterocycles. The summed E-state index contributed by atoms with van der Waals surface area (Å²) in [5.74, 6) is 0. The van der Waals surface area contributed by atoms with E-state index in [2.05, 4.69) is 94.1 Å². The summed E-state index contributed by atoms with van der Waals surface area (Å²) in [4.78, 5) is 0. The maximum Gasteiger partial charge on any atom is 0.136 e. The summed E-state index contributed by atoms with van der Waals surface area (Å²) in [6.07, 6.45) is 0. The Hall–Kier alpha value is -8.84. The van der Waals surface area contributed by atoms with E-state index in [1.165, 1.54) is 0 Å². The molecule has 0 aliphatic heterocycles. The van der Waals surface area contributed by atoms with E-state index in [1.54, 1.807) is 0 Å². The van der Waals surface area contributed by atoms with Crippen LogP contribution in [0.3, 0.4) is 0 Å². The molecule has 0 N–H and O–H groups in total. The molecule has 0 bridgehead atoms. The van der Waals surface area contributed by atoms with Crippen molar-refractivity contribution in [1.29, 1.82) is 10.5 Å². The monoisotopic (exact) mass is 790 g/mol. The van der Waals surface area contributed by atoms with Crippen molar-refractivity contribution in [2.45, 2.75) is 0 Å². The van der Waals surface area contributed by atoms with E-state index in [-0.39, 0.29) is 0 Å². The van der Waals surface area contributed by atoms with Gasteiger partial charge in [0.15, 0.2) is 0 Å². The molecule has 13 rings (SSSR count). The predicted octanol–water partition coefficient (Wildman–Crippen LogP) is 14.8. The molecule has 0 aliphatic rings. The SMILES string of the molecule is N#Cc1c(-c2cccc3oc4ccccc4c23)c(-n2c3ccccc3c3ccccc32)c(C#N)c(-c2cccc3oc4ccccc4c23)c1-n1c2ccccc2c2ccccc21. The van der Waals surface area contributed by atoms with Gasteiger partial charge in [0, 0.05) is 54.2 Å². The highest BCUT2D eigenvalue weighted by Gasteiger charge is 2.33. The third-order valence-electron chi connectivity index (χ3n) is 12.6. The first kappa shape index (κ1) is 34.1. The van der Waals surface area contributed by atoms with Crippen LogP contribution >= 0.6 is 0 Å². The maximum absolute atomic E-state index is 12.2. The lowest BCUT2D eigenvalue weighted by molar-refractivity contribution is 0.668. The number of hydrogen-bond acceptors (Lipinski definition) is 4. The number of para-hydroxylation sites is 6. The summed E-state index contributed by atoms with van der Waals surface area (Å²) in [5, 5.41) is 32.1. The first-order valence-electron chi connectivity index (χ1n) is 20.6. The molecule has 6 heteroatoms. The molecule has 0 atom stereocenters. The van der Waals surface area contributed by atoms with E-state index < -0.39 is 0 Å². The maximum atomic E-state index is 12.2. The van der Waals surface area contributed by atoms with Crippen molar-refractivity contribution < 1.29 is 8.83 Å². The summed E-state index contributed by atoms with van der Waals surface area (Å²) in [6.45, 7) is 0. The van der Waals surface area contributed by atoms with Gasteiger partial charge in [0.2, 0.25) is 0 Å². The molecule has 0 amide bonds. The van der Waals surface area contributed by atoms with Crippen LogP contribution in [0.2, 0.25) is 0 Å². The van der Waals surface area contributed by atoms with E-state index in [9.17, 15) is 10.5 Å². The lowest BCUT2D eigenvalue weighted by atomic mass is 9.84. The molecule has 0 fully saturated rings. The smallest absolute Gasteiger partial charge is 0.136 e. The average molecular weight is 791 g/mol. The molecule has 9 aromatic carbocycles. The minimum Gasteiger partial charge on any atom is -0.456 e. The van der Waals surface area contributed by atoms with Crippen LogP contribution in [0.1, 0.15) is 11.1 Å². The number of rotatable bonds is 4. The van der Waals surface area contributed by atoms with E-state index in [1.807, 2.05) is 109 Å². The van der Waals surface area contributed by atoms with Gasteiger partial charge >= 0.3 is 0 Å². The molecule has 4 heterocycles. The van der Waals surface area contributed by atoms with Crippen LogP contribution < -0.4 is 0 Å². The fourth-order valence-electron chi connectivity index (χ4n) is 10.2. The zero-order valence-electron chi connectivity index (χ0n) is 32.9. The predicted molar refractivity (Wildman–Crippen MR) is 250 cm³/mol. The van der Waals surface area contributed by atoms with Crippen molar-refractivity contribution in [3.63, 3.8) is 0 Å². The van der Waals surface area contributed by atoms with E-state index >= 15 is 0 Å². The quantitative estimate of drug-likeness (QED) is 0.178. The van der Waals surface area contributed by atoms with Crippen LogP contribution in [0.15, 0.2) is 191 Å². The van der Waals surface area contributed by atoms with Gasteiger partial charge in [-0.05, 0) is 59.7 Å². The first-order chi connectivity index (χ1) is 30.7. The number of benzene rings is 9. The lowest BCUT2D eigenvalue weighted by Gasteiger charge is -2.25. The average Bonchev–Trinajstić information content (AvgIpc) is 4.08. The van der Waals surface area contributed by atoms with Gasteiger partial charge < -0.3 is 18.0 Å². The highest BCUT2D eigenvalue weighted by molar-refractivity contribution is 6.20. The third-order valence-corrected chi connectivity index (χ3v) is 12.6. The molecule has 0 radical (unpaired) electrons. The largest absolute Gasteiger partial charge is 0.456 e. The second-order valence-corrected chi connectivity index (χ2v) is 15.7. The summed E-state index contributed by atoms with van der Waals surface area (Å²) in [7, 11) is 0. The highest BCUT2D eigenvalue weighted by Crippen LogP contribution is 2.52. The van der Waals surface area contributed by atoms with E-state index in [0.717, 1.165) is 87.4 Å². The molecule has 0 aliphatic carbocycles. The van der Waals surface area contributed by atoms with Gasteiger partial charge in [-0.2, -0.15) is 10.5 Å². The fourth-order valence-corrected chi connectivity index (χ4v) is 10.2. The van der Waals surface area contributed by atoms with Gasteiger partial charge in [-0.3, -0.25) is 0 Å². The van der Waals surface area contributed by atoms with Crippen molar-refractivity contribution in [1.82, 2.24) is 9.13 Å². The number of aromatic nitrogens is 2.